The molecule has 0 radical (unpaired) electrons. The molecule has 0 spiro atoms. The summed E-state index contributed by atoms with van der Waals surface area (Å²) in [4.78, 5) is 11.8. The molecule has 3 N–H and O–H groups in total. The second kappa shape index (κ2) is 14.9. The first-order valence-electron chi connectivity index (χ1n) is 14.3. The van der Waals surface area contributed by atoms with Crippen molar-refractivity contribution in [3.05, 3.63) is 82.6 Å². The van der Waals surface area contributed by atoms with Crippen LogP contribution >= 0.6 is 11.6 Å². The van der Waals surface area contributed by atoms with Gasteiger partial charge in [0.15, 0.2) is 0 Å². The van der Waals surface area contributed by atoms with Crippen molar-refractivity contribution in [2.75, 3.05) is 39.5 Å². The van der Waals surface area contributed by atoms with Crippen LogP contribution in [0, 0.1) is 18.7 Å². The average molecular weight is 585 g/mol. The van der Waals surface area contributed by atoms with E-state index in [1.165, 1.54) is 28.6 Å². The summed E-state index contributed by atoms with van der Waals surface area (Å²) in [5, 5.41) is 22.8. The number of hydrogen-bond acceptors (Lipinski definition) is 6. The predicted octanol–water partition coefficient (Wildman–Crippen LogP) is 5.71. The lowest BCUT2D eigenvalue weighted by atomic mass is 9.83. The number of H-pyrrole nitrogens is 1. The minimum atomic E-state index is -0.436. The topological polar surface area (TPSA) is 84.3 Å². The number of halogens is 2. The molecule has 2 aromatic carbocycles. The first kappa shape index (κ1) is 31.2. The van der Waals surface area contributed by atoms with Gasteiger partial charge in [0.25, 0.3) is 0 Å². The van der Waals surface area contributed by atoms with E-state index in [0.29, 0.717) is 19.2 Å². The summed E-state index contributed by atoms with van der Waals surface area (Å²) in [6.07, 6.45) is 6.21. The largest absolute Gasteiger partial charge is 0.481 e. The first-order valence-corrected chi connectivity index (χ1v) is 14.7. The molecule has 2 aliphatic rings. The van der Waals surface area contributed by atoms with E-state index in [2.05, 4.69) is 57.8 Å². The van der Waals surface area contributed by atoms with Crippen molar-refractivity contribution in [3.63, 3.8) is 0 Å². The van der Waals surface area contributed by atoms with Gasteiger partial charge in [0.2, 0.25) is 0 Å². The Morgan fingerprint density at radius 2 is 1.95 bits per heavy atom. The molecule has 2 fully saturated rings. The van der Waals surface area contributed by atoms with Crippen LogP contribution in [0.2, 0.25) is 5.02 Å². The van der Waals surface area contributed by atoms with E-state index >= 15 is 0 Å². The molecule has 5 rings (SSSR count). The highest BCUT2D eigenvalue weighted by Gasteiger charge is 2.37. The summed E-state index contributed by atoms with van der Waals surface area (Å²) in [6.45, 7) is 11.5. The molecule has 2 saturated heterocycles. The summed E-state index contributed by atoms with van der Waals surface area (Å²) < 4.78 is 17.9. The van der Waals surface area contributed by atoms with Gasteiger partial charge < -0.3 is 19.9 Å². The smallest absolute Gasteiger partial charge is 0.141 e. The van der Waals surface area contributed by atoms with Gasteiger partial charge in [-0.2, -0.15) is 0 Å². The number of para-hydroxylation sites is 1. The number of aliphatic imine (C=N–C) groups is 1. The molecular weight excluding hydrogens is 543 g/mol. The van der Waals surface area contributed by atoms with Crippen molar-refractivity contribution in [1.82, 2.24) is 14.8 Å². The summed E-state index contributed by atoms with van der Waals surface area (Å²) in [5.41, 5.74) is 3.61. The highest BCUT2D eigenvalue weighted by molar-refractivity contribution is 6.30. The highest BCUT2D eigenvalue weighted by atomic mass is 35.5. The first-order chi connectivity index (χ1) is 19.8. The van der Waals surface area contributed by atoms with E-state index in [0.717, 1.165) is 50.2 Å². The van der Waals surface area contributed by atoms with Crippen LogP contribution in [0.5, 0.6) is 0 Å². The van der Waals surface area contributed by atoms with Gasteiger partial charge in [-0.05, 0) is 75.5 Å². The zero-order valence-electron chi connectivity index (χ0n) is 24.0. The lowest BCUT2D eigenvalue weighted by Gasteiger charge is -2.44. The number of aliphatic hydroxyl groups excluding tert-OH is 2. The minimum Gasteiger partial charge on any atom is -0.481 e. The van der Waals surface area contributed by atoms with Crippen molar-refractivity contribution in [1.29, 1.82) is 0 Å². The van der Waals surface area contributed by atoms with Crippen molar-refractivity contribution in [2.45, 2.75) is 51.2 Å². The number of piperidine rings is 2. The van der Waals surface area contributed by atoms with Crippen LogP contribution < -0.4 is 0 Å². The highest BCUT2D eigenvalue weighted by Crippen LogP contribution is 2.36. The number of nitrogens with one attached hydrogen (secondary N) is 1. The van der Waals surface area contributed by atoms with Gasteiger partial charge in [-0.15, -0.1) is 0 Å². The molecule has 222 valence electrons. The molecule has 2 aliphatic heterocycles. The summed E-state index contributed by atoms with van der Waals surface area (Å²) in [5.74, 6) is 0.949. The Balaban J connectivity index is 0.000000417. The number of ether oxygens (including phenoxy) is 1. The van der Waals surface area contributed by atoms with Crippen LogP contribution in [0.4, 0.5) is 4.39 Å². The monoisotopic (exact) mass is 584 g/mol. The molecule has 3 atom stereocenters. The Morgan fingerprint density at radius 3 is 2.59 bits per heavy atom. The number of likely N-dealkylation sites (tertiary alicyclic amines) is 2. The van der Waals surface area contributed by atoms with E-state index in [9.17, 15) is 14.6 Å². The van der Waals surface area contributed by atoms with Crippen molar-refractivity contribution in [2.24, 2.45) is 10.9 Å². The molecule has 3 heterocycles. The van der Waals surface area contributed by atoms with E-state index < -0.39 is 6.10 Å². The Hall–Kier alpha value is -2.75. The fourth-order valence-corrected chi connectivity index (χ4v) is 6.22. The van der Waals surface area contributed by atoms with E-state index in [4.69, 9.17) is 16.3 Å². The Morgan fingerprint density at radius 1 is 1.20 bits per heavy atom. The maximum atomic E-state index is 12.2. The third-order valence-electron chi connectivity index (χ3n) is 8.37. The Labute approximate surface area is 247 Å². The Bertz CT molecular complexity index is 1290. The predicted molar refractivity (Wildman–Crippen MR) is 164 cm³/mol. The quantitative estimate of drug-likeness (QED) is 0.233. The number of aromatic amines is 1. The van der Waals surface area contributed by atoms with Crippen molar-refractivity contribution < 1.29 is 19.3 Å². The molecule has 3 aromatic rings. The average Bonchev–Trinajstić information content (AvgIpc) is 3.40. The summed E-state index contributed by atoms with van der Waals surface area (Å²) >= 11 is 5.33. The maximum Gasteiger partial charge on any atom is 0.141 e. The van der Waals surface area contributed by atoms with Crippen LogP contribution in [0.1, 0.15) is 43.2 Å². The zero-order chi connectivity index (χ0) is 29.4. The Kier molecular flexibility index (Phi) is 11.4. The lowest BCUT2D eigenvalue weighted by Crippen LogP contribution is -2.53. The lowest BCUT2D eigenvalue weighted by molar-refractivity contribution is -0.0228. The number of hydrogen-bond donors (Lipinski definition) is 3. The molecule has 0 saturated carbocycles. The van der Waals surface area contributed by atoms with Gasteiger partial charge >= 0.3 is 0 Å². The SMILES string of the molecule is C=N/C=C(/C)OCN1CCC(C(CO)N2CCC(c3c[nH]c4c(C)cccc34)C(O)C2)CC1.Fc1ccccc1Cl. The maximum absolute atomic E-state index is 12.2. The van der Waals surface area contributed by atoms with Gasteiger partial charge in [0, 0.05) is 48.7 Å². The van der Waals surface area contributed by atoms with Crippen LogP contribution in [-0.2, 0) is 4.74 Å². The number of fused-ring (bicyclic) bond motifs is 1. The number of β-amino-alcohol motifs (C(OH)–C–C–N with tert-alkyl or cyclic N) is 1. The normalized spacial score (nSPS) is 21.8. The fraction of sp³-hybridized carbons (Fsp3) is 0.469. The van der Waals surface area contributed by atoms with Crippen molar-refractivity contribution >= 4 is 29.2 Å². The fourth-order valence-electron chi connectivity index (χ4n) is 6.08. The summed E-state index contributed by atoms with van der Waals surface area (Å²) in [6, 6.07) is 12.6. The van der Waals surface area contributed by atoms with Crippen LogP contribution in [0.3, 0.4) is 0 Å². The van der Waals surface area contributed by atoms with E-state index in [-0.39, 0.29) is 29.4 Å². The molecule has 7 nitrogen and oxygen atoms in total. The third-order valence-corrected chi connectivity index (χ3v) is 8.68. The molecule has 0 bridgehead atoms. The number of aryl methyl sites for hydroxylation is 1. The minimum absolute atomic E-state index is 0.0977. The number of nitrogens with zero attached hydrogens (tertiary/aromatic N) is 3. The number of rotatable bonds is 8. The van der Waals surface area contributed by atoms with Gasteiger partial charge in [-0.3, -0.25) is 14.8 Å². The molecular formula is C32H42ClFN4O3. The number of aliphatic hydroxyl groups is 2. The molecule has 1 aromatic heterocycles. The second-order valence-electron chi connectivity index (χ2n) is 11.0. The third kappa shape index (κ3) is 7.96. The molecule has 0 aliphatic carbocycles. The zero-order valence-corrected chi connectivity index (χ0v) is 24.7. The number of allylic oxidation sites excluding steroid dienone is 1. The van der Waals surface area contributed by atoms with E-state index in [1.807, 2.05) is 6.92 Å². The van der Waals surface area contributed by atoms with Gasteiger partial charge in [-0.25, -0.2) is 4.39 Å². The van der Waals surface area contributed by atoms with Crippen LogP contribution in [0.15, 0.2) is 65.6 Å². The van der Waals surface area contributed by atoms with Gasteiger partial charge in [-0.1, -0.05) is 41.9 Å². The van der Waals surface area contributed by atoms with Gasteiger partial charge in [0.05, 0.1) is 23.9 Å². The van der Waals surface area contributed by atoms with Gasteiger partial charge in [0.1, 0.15) is 18.3 Å². The van der Waals surface area contributed by atoms with E-state index in [1.54, 1.807) is 18.3 Å². The van der Waals surface area contributed by atoms with Crippen molar-refractivity contribution in [3.8, 4) is 0 Å². The van der Waals surface area contributed by atoms with Crippen LogP contribution in [-0.4, -0.2) is 83.4 Å². The number of aromatic nitrogens is 1. The molecule has 9 heteroatoms. The number of benzene rings is 2. The molecule has 41 heavy (non-hydrogen) atoms. The second-order valence-corrected chi connectivity index (χ2v) is 11.4. The molecule has 0 amide bonds. The standard InChI is InChI=1S/C26H38N4O3.C6H4ClF/c1-18-5-4-6-22-23(14-28-26(18)22)21-9-12-30(15-25(21)32)24(16-31)20-7-10-29(11-8-20)17-33-19(2)13-27-3;7-5-3-1-2-4-6(5)8/h4-6,13-14,20-21,24-25,28,31-32H,3,7-12,15-17H2,1-2H3;1-4H/b19-13-;. The molecule has 3 unspecified atom stereocenters. The van der Waals surface area contributed by atoms with Crippen LogP contribution in [0.25, 0.3) is 10.9 Å². The summed E-state index contributed by atoms with van der Waals surface area (Å²) in [7, 11) is 0.